The second-order valence-electron chi connectivity index (χ2n) is 3.30. The van der Waals surface area contributed by atoms with E-state index >= 15 is 0 Å². The molecule has 0 aliphatic heterocycles. The van der Waals surface area contributed by atoms with Crippen molar-refractivity contribution in [2.24, 2.45) is 7.05 Å². The Bertz CT molecular complexity index is 309. The molecule has 1 aromatic heterocycles. The molecule has 1 heterocycles. The number of hydrogen-bond donors (Lipinski definition) is 2. The molecular weight excluding hydrogens is 210 g/mol. The van der Waals surface area contributed by atoms with Crippen molar-refractivity contribution in [2.75, 3.05) is 6.54 Å². The number of nitrogens with one attached hydrogen (secondary N) is 2. The summed E-state index contributed by atoms with van der Waals surface area (Å²) in [5.41, 5.74) is 0. The minimum absolute atomic E-state index is 0.568. The summed E-state index contributed by atoms with van der Waals surface area (Å²) < 4.78 is 1.67. The van der Waals surface area contributed by atoms with E-state index in [0.29, 0.717) is 11.7 Å². The minimum atomic E-state index is 0.568. The van der Waals surface area contributed by atoms with Gasteiger partial charge in [0.15, 0.2) is 10.9 Å². The van der Waals surface area contributed by atoms with Crippen LogP contribution in [0.4, 0.5) is 0 Å². The minimum Gasteiger partial charge on any atom is -0.363 e. The monoisotopic (exact) mass is 227 g/mol. The van der Waals surface area contributed by atoms with E-state index in [1.807, 2.05) is 7.05 Å². The number of aryl methyl sites for hydroxylation is 1. The lowest BCUT2D eigenvalue weighted by molar-refractivity contribution is 0.712. The van der Waals surface area contributed by atoms with Crippen LogP contribution in [-0.4, -0.2) is 26.4 Å². The molecule has 0 radical (unpaired) electrons. The fourth-order valence-corrected chi connectivity index (χ4v) is 1.24. The average molecular weight is 227 g/mol. The first kappa shape index (κ1) is 11.9. The van der Waals surface area contributed by atoms with Crippen LogP contribution in [-0.2, 0) is 13.6 Å². The van der Waals surface area contributed by atoms with Crippen molar-refractivity contribution < 1.29 is 0 Å². The van der Waals surface area contributed by atoms with Crippen molar-refractivity contribution in [1.82, 2.24) is 25.4 Å². The molecule has 6 heteroatoms. The molecule has 0 aliphatic rings. The highest BCUT2D eigenvalue weighted by atomic mass is 32.1. The summed E-state index contributed by atoms with van der Waals surface area (Å²) in [7, 11) is 1.84. The zero-order chi connectivity index (χ0) is 11.1. The largest absolute Gasteiger partial charge is 0.363 e. The van der Waals surface area contributed by atoms with E-state index in [-0.39, 0.29) is 0 Å². The van der Waals surface area contributed by atoms with Gasteiger partial charge in [0.25, 0.3) is 0 Å². The molecule has 0 aliphatic carbocycles. The third-order valence-corrected chi connectivity index (χ3v) is 2.16. The fraction of sp³-hybridized carbons (Fsp3) is 0.667. The Labute approximate surface area is 95.3 Å². The average Bonchev–Trinajstić information content (AvgIpc) is 2.62. The molecule has 1 rings (SSSR count). The summed E-state index contributed by atoms with van der Waals surface area (Å²) in [6.07, 6.45) is 3.96. The molecule has 0 unspecified atom stereocenters. The van der Waals surface area contributed by atoms with Crippen molar-refractivity contribution in [2.45, 2.75) is 26.3 Å². The van der Waals surface area contributed by atoms with Crippen molar-refractivity contribution in [3.63, 3.8) is 0 Å². The molecule has 5 nitrogen and oxygen atoms in total. The normalized spacial score (nSPS) is 10.0. The van der Waals surface area contributed by atoms with Gasteiger partial charge in [-0.25, -0.2) is 4.98 Å². The van der Waals surface area contributed by atoms with Crippen molar-refractivity contribution in [3.8, 4) is 0 Å². The SMILES string of the molecule is CCCCNC(=S)NCc1ncn(C)n1. The second-order valence-corrected chi connectivity index (χ2v) is 3.71. The van der Waals surface area contributed by atoms with Crippen LogP contribution in [0.3, 0.4) is 0 Å². The molecule has 2 N–H and O–H groups in total. The van der Waals surface area contributed by atoms with Crippen LogP contribution >= 0.6 is 12.2 Å². The summed E-state index contributed by atoms with van der Waals surface area (Å²) in [6.45, 7) is 3.63. The van der Waals surface area contributed by atoms with Gasteiger partial charge in [-0.2, -0.15) is 5.10 Å². The van der Waals surface area contributed by atoms with Gasteiger partial charge in [0.05, 0.1) is 6.54 Å². The van der Waals surface area contributed by atoms with Crippen molar-refractivity contribution in [3.05, 3.63) is 12.2 Å². The summed E-state index contributed by atoms with van der Waals surface area (Å²) in [5.74, 6) is 0.747. The fourth-order valence-electron chi connectivity index (χ4n) is 1.07. The molecule has 0 fully saturated rings. The first-order valence-electron chi connectivity index (χ1n) is 5.08. The summed E-state index contributed by atoms with van der Waals surface area (Å²) >= 11 is 5.09. The zero-order valence-corrected chi connectivity index (χ0v) is 9.97. The highest BCUT2D eigenvalue weighted by Gasteiger charge is 1.99. The Morgan fingerprint density at radius 1 is 1.53 bits per heavy atom. The van der Waals surface area contributed by atoms with E-state index in [0.717, 1.165) is 25.2 Å². The summed E-state index contributed by atoms with van der Waals surface area (Å²) in [6, 6.07) is 0. The molecule has 84 valence electrons. The van der Waals surface area contributed by atoms with Crippen LogP contribution in [0, 0.1) is 0 Å². The van der Waals surface area contributed by atoms with E-state index in [1.54, 1.807) is 11.0 Å². The lowest BCUT2D eigenvalue weighted by Crippen LogP contribution is -2.35. The Morgan fingerprint density at radius 3 is 2.93 bits per heavy atom. The smallest absolute Gasteiger partial charge is 0.169 e. The van der Waals surface area contributed by atoms with Gasteiger partial charge in [-0.1, -0.05) is 13.3 Å². The predicted molar refractivity (Wildman–Crippen MR) is 63.4 cm³/mol. The zero-order valence-electron chi connectivity index (χ0n) is 9.16. The number of thiocarbonyl (C=S) groups is 1. The lowest BCUT2D eigenvalue weighted by Gasteiger charge is -2.07. The molecular formula is C9H17N5S. The van der Waals surface area contributed by atoms with Gasteiger partial charge in [0.2, 0.25) is 0 Å². The summed E-state index contributed by atoms with van der Waals surface area (Å²) in [5, 5.41) is 11.0. The van der Waals surface area contributed by atoms with Crippen LogP contribution in [0.25, 0.3) is 0 Å². The maximum absolute atomic E-state index is 5.09. The van der Waals surface area contributed by atoms with E-state index < -0.39 is 0 Å². The Kier molecular flexibility index (Phi) is 5.03. The Balaban J connectivity index is 2.16. The van der Waals surface area contributed by atoms with Gasteiger partial charge < -0.3 is 10.6 Å². The van der Waals surface area contributed by atoms with Crippen LogP contribution in [0.1, 0.15) is 25.6 Å². The maximum atomic E-state index is 5.09. The summed E-state index contributed by atoms with van der Waals surface area (Å²) in [4.78, 5) is 4.09. The van der Waals surface area contributed by atoms with Gasteiger partial charge in [-0.05, 0) is 18.6 Å². The first-order valence-corrected chi connectivity index (χ1v) is 5.49. The maximum Gasteiger partial charge on any atom is 0.169 e. The van der Waals surface area contributed by atoms with Crippen molar-refractivity contribution in [1.29, 1.82) is 0 Å². The first-order chi connectivity index (χ1) is 7.22. The molecule has 0 spiro atoms. The molecule has 1 aromatic rings. The highest BCUT2D eigenvalue weighted by Crippen LogP contribution is 1.87. The van der Waals surface area contributed by atoms with E-state index in [1.165, 1.54) is 0 Å². The third-order valence-electron chi connectivity index (χ3n) is 1.87. The van der Waals surface area contributed by atoms with E-state index in [9.17, 15) is 0 Å². The molecule has 0 saturated carbocycles. The van der Waals surface area contributed by atoms with Gasteiger partial charge in [0, 0.05) is 13.6 Å². The number of hydrogen-bond acceptors (Lipinski definition) is 3. The molecule has 15 heavy (non-hydrogen) atoms. The Hall–Kier alpha value is -1.17. The van der Waals surface area contributed by atoms with Crippen LogP contribution in [0.2, 0.25) is 0 Å². The number of rotatable bonds is 5. The van der Waals surface area contributed by atoms with Gasteiger partial charge in [-0.15, -0.1) is 0 Å². The topological polar surface area (TPSA) is 54.8 Å². The van der Waals surface area contributed by atoms with Crippen LogP contribution < -0.4 is 10.6 Å². The van der Waals surface area contributed by atoms with Gasteiger partial charge in [-0.3, -0.25) is 4.68 Å². The van der Waals surface area contributed by atoms with Crippen LogP contribution in [0.5, 0.6) is 0 Å². The predicted octanol–water partition coefficient (Wildman–Crippen LogP) is 0.579. The van der Waals surface area contributed by atoms with Gasteiger partial charge in [0.1, 0.15) is 6.33 Å². The number of unbranched alkanes of at least 4 members (excludes halogenated alkanes) is 1. The highest BCUT2D eigenvalue weighted by molar-refractivity contribution is 7.80. The van der Waals surface area contributed by atoms with Crippen molar-refractivity contribution >= 4 is 17.3 Å². The second kappa shape index (κ2) is 6.34. The molecule has 0 bridgehead atoms. The quantitative estimate of drug-likeness (QED) is 0.569. The lowest BCUT2D eigenvalue weighted by atomic mass is 10.3. The number of aromatic nitrogens is 3. The third kappa shape index (κ3) is 4.73. The van der Waals surface area contributed by atoms with Crippen LogP contribution in [0.15, 0.2) is 6.33 Å². The number of nitrogens with zero attached hydrogens (tertiary/aromatic N) is 3. The van der Waals surface area contributed by atoms with E-state index in [2.05, 4.69) is 27.6 Å². The van der Waals surface area contributed by atoms with E-state index in [4.69, 9.17) is 12.2 Å². The molecule has 0 amide bonds. The molecule has 0 saturated heterocycles. The molecule has 0 atom stereocenters. The standard InChI is InChI=1S/C9H17N5S/c1-3-4-5-10-9(15)11-6-8-12-7-14(2)13-8/h7H,3-6H2,1-2H3,(H2,10,11,15). The Morgan fingerprint density at radius 2 is 2.33 bits per heavy atom. The molecule has 0 aromatic carbocycles. The van der Waals surface area contributed by atoms with Gasteiger partial charge >= 0.3 is 0 Å².